The van der Waals surface area contributed by atoms with Gasteiger partial charge in [-0.05, 0) is 37.0 Å². The highest BCUT2D eigenvalue weighted by atomic mass is 16.5. The Hall–Kier alpha value is -1.57. The lowest BCUT2D eigenvalue weighted by atomic mass is 9.98. The molecule has 2 heteroatoms. The predicted molar refractivity (Wildman–Crippen MR) is 70.8 cm³/mol. The molecule has 1 aromatic rings. The van der Waals surface area contributed by atoms with E-state index in [0.717, 1.165) is 29.5 Å². The van der Waals surface area contributed by atoms with Crippen molar-refractivity contribution in [3.8, 4) is 0 Å². The highest BCUT2D eigenvalue weighted by molar-refractivity contribution is 6.16. The normalized spacial score (nSPS) is 10.1. The molecule has 2 nitrogen and oxygen atoms in total. The maximum Gasteiger partial charge on any atom is 0.338 e. The largest absolute Gasteiger partial charge is 0.462 e. The Bertz CT molecular complexity index is 419. The van der Waals surface area contributed by atoms with Crippen molar-refractivity contribution < 1.29 is 9.53 Å². The number of ether oxygens (including phenoxy) is 1. The van der Waals surface area contributed by atoms with E-state index in [9.17, 15) is 4.79 Å². The summed E-state index contributed by atoms with van der Waals surface area (Å²) in [5.74, 6) is -0.313. The molecule has 0 N–H and O–H groups in total. The average Bonchev–Trinajstić information content (AvgIpc) is 2.32. The summed E-state index contributed by atoms with van der Waals surface area (Å²) in [6, 6.07) is 5.86. The van der Waals surface area contributed by atoms with Crippen LogP contribution < -0.4 is 0 Å². The Morgan fingerprint density at radius 3 is 2.71 bits per heavy atom. The van der Waals surface area contributed by atoms with Crippen LogP contribution in [0.1, 0.15) is 36.5 Å². The number of unbranched alkanes of at least 4 members (excludes halogenated alkanes) is 1. The Morgan fingerprint density at radius 1 is 1.35 bits per heavy atom. The molecule has 0 aliphatic carbocycles. The van der Waals surface area contributed by atoms with Crippen molar-refractivity contribution in [3.63, 3.8) is 0 Å². The van der Waals surface area contributed by atoms with Crippen LogP contribution >= 0.6 is 0 Å². The van der Waals surface area contributed by atoms with Gasteiger partial charge < -0.3 is 4.74 Å². The lowest BCUT2D eigenvalue weighted by molar-refractivity contribution is -0.136. The zero-order valence-corrected chi connectivity index (χ0v) is 10.9. The molecule has 0 saturated carbocycles. The molecule has 0 spiro atoms. The summed E-state index contributed by atoms with van der Waals surface area (Å²) in [5, 5.41) is 0. The monoisotopic (exact) mass is 232 g/mol. The van der Waals surface area contributed by atoms with E-state index >= 15 is 0 Å². The Kier molecular flexibility index (Phi) is 4.95. The molecule has 0 saturated heterocycles. The second kappa shape index (κ2) is 6.24. The fourth-order valence-corrected chi connectivity index (χ4v) is 1.58. The molecule has 0 atom stereocenters. The molecule has 0 unspecified atom stereocenters. The molecule has 17 heavy (non-hydrogen) atoms. The first-order valence-electron chi connectivity index (χ1n) is 6.00. The third-order valence-corrected chi connectivity index (χ3v) is 2.91. The molecule has 1 aromatic carbocycles. The first-order valence-corrected chi connectivity index (χ1v) is 6.00. The first-order chi connectivity index (χ1) is 8.07. The molecule has 0 heterocycles. The van der Waals surface area contributed by atoms with Crippen LogP contribution in [0.25, 0.3) is 5.57 Å². The number of carbonyl (C=O) groups is 1. The smallest absolute Gasteiger partial charge is 0.338 e. The van der Waals surface area contributed by atoms with E-state index in [1.165, 1.54) is 0 Å². The number of benzene rings is 1. The van der Waals surface area contributed by atoms with Gasteiger partial charge in [0.05, 0.1) is 12.2 Å². The second-order valence-corrected chi connectivity index (χ2v) is 4.22. The zero-order chi connectivity index (χ0) is 12.8. The van der Waals surface area contributed by atoms with Crippen molar-refractivity contribution in [1.29, 1.82) is 0 Å². The SMILES string of the molecule is C=C(C(=O)OCCCC)c1cccc(C)c1C. The first kappa shape index (κ1) is 13.5. The number of esters is 1. The van der Waals surface area contributed by atoms with E-state index in [1.807, 2.05) is 32.0 Å². The Morgan fingerprint density at radius 2 is 2.06 bits per heavy atom. The molecule has 92 valence electrons. The summed E-state index contributed by atoms with van der Waals surface area (Å²) in [4.78, 5) is 11.8. The molecule has 0 aliphatic rings. The van der Waals surface area contributed by atoms with Gasteiger partial charge in [-0.15, -0.1) is 0 Å². The summed E-state index contributed by atoms with van der Waals surface area (Å²) in [7, 11) is 0. The molecular formula is C15H20O2. The maximum absolute atomic E-state index is 11.8. The number of aryl methyl sites for hydroxylation is 1. The summed E-state index contributed by atoms with van der Waals surface area (Å²) < 4.78 is 5.16. The van der Waals surface area contributed by atoms with Crippen molar-refractivity contribution in [1.82, 2.24) is 0 Å². The van der Waals surface area contributed by atoms with E-state index in [4.69, 9.17) is 4.74 Å². The Balaban J connectivity index is 2.75. The average molecular weight is 232 g/mol. The van der Waals surface area contributed by atoms with Crippen LogP contribution in [0.2, 0.25) is 0 Å². The van der Waals surface area contributed by atoms with Crippen LogP contribution in [0.15, 0.2) is 24.8 Å². The summed E-state index contributed by atoms with van der Waals surface area (Å²) in [5.41, 5.74) is 3.57. The van der Waals surface area contributed by atoms with E-state index in [2.05, 4.69) is 13.5 Å². The molecule has 0 amide bonds. The molecule has 0 fully saturated rings. The molecule has 1 rings (SSSR count). The zero-order valence-electron chi connectivity index (χ0n) is 10.9. The minimum Gasteiger partial charge on any atom is -0.462 e. The van der Waals surface area contributed by atoms with Gasteiger partial charge in [0.25, 0.3) is 0 Å². The van der Waals surface area contributed by atoms with E-state index in [0.29, 0.717) is 12.2 Å². The molecule has 0 aromatic heterocycles. The summed E-state index contributed by atoms with van der Waals surface area (Å²) >= 11 is 0. The highest BCUT2D eigenvalue weighted by Crippen LogP contribution is 2.21. The van der Waals surface area contributed by atoms with Gasteiger partial charge in [0.15, 0.2) is 0 Å². The van der Waals surface area contributed by atoms with Crippen molar-refractivity contribution in [3.05, 3.63) is 41.5 Å². The van der Waals surface area contributed by atoms with Crippen molar-refractivity contribution in [2.75, 3.05) is 6.61 Å². The lowest BCUT2D eigenvalue weighted by Crippen LogP contribution is -2.08. The number of rotatable bonds is 5. The molecule has 0 bridgehead atoms. The van der Waals surface area contributed by atoms with Crippen LogP contribution in [0.3, 0.4) is 0 Å². The fraction of sp³-hybridized carbons (Fsp3) is 0.400. The summed E-state index contributed by atoms with van der Waals surface area (Å²) in [6.07, 6.45) is 1.91. The van der Waals surface area contributed by atoms with E-state index in [-0.39, 0.29) is 5.97 Å². The van der Waals surface area contributed by atoms with Gasteiger partial charge >= 0.3 is 5.97 Å². The van der Waals surface area contributed by atoms with Gasteiger partial charge in [-0.1, -0.05) is 38.1 Å². The number of carbonyl (C=O) groups excluding carboxylic acids is 1. The van der Waals surface area contributed by atoms with Gasteiger partial charge in [-0.25, -0.2) is 4.79 Å². The number of hydrogen-bond acceptors (Lipinski definition) is 2. The van der Waals surface area contributed by atoms with Gasteiger partial charge in [-0.2, -0.15) is 0 Å². The van der Waals surface area contributed by atoms with Crippen molar-refractivity contribution in [2.45, 2.75) is 33.6 Å². The predicted octanol–water partition coefficient (Wildman–Crippen LogP) is 3.66. The van der Waals surface area contributed by atoms with Crippen molar-refractivity contribution in [2.24, 2.45) is 0 Å². The van der Waals surface area contributed by atoms with E-state index in [1.54, 1.807) is 0 Å². The minimum absolute atomic E-state index is 0.313. The Labute approximate surface area is 103 Å². The van der Waals surface area contributed by atoms with Crippen LogP contribution in [-0.2, 0) is 9.53 Å². The van der Waals surface area contributed by atoms with Gasteiger partial charge in [0, 0.05) is 0 Å². The van der Waals surface area contributed by atoms with Gasteiger partial charge in [0.1, 0.15) is 0 Å². The van der Waals surface area contributed by atoms with Crippen LogP contribution in [0.4, 0.5) is 0 Å². The van der Waals surface area contributed by atoms with Crippen LogP contribution in [-0.4, -0.2) is 12.6 Å². The topological polar surface area (TPSA) is 26.3 Å². The van der Waals surface area contributed by atoms with Crippen molar-refractivity contribution >= 4 is 11.5 Å². The van der Waals surface area contributed by atoms with Gasteiger partial charge in [0.2, 0.25) is 0 Å². The highest BCUT2D eigenvalue weighted by Gasteiger charge is 2.13. The van der Waals surface area contributed by atoms with Crippen LogP contribution in [0.5, 0.6) is 0 Å². The lowest BCUT2D eigenvalue weighted by Gasteiger charge is -2.11. The summed E-state index contributed by atoms with van der Waals surface area (Å²) in [6.45, 7) is 10.4. The molecule has 0 aliphatic heterocycles. The fourth-order valence-electron chi connectivity index (χ4n) is 1.58. The third kappa shape index (κ3) is 3.45. The number of hydrogen-bond donors (Lipinski definition) is 0. The van der Waals surface area contributed by atoms with Crippen LogP contribution in [0, 0.1) is 13.8 Å². The quantitative estimate of drug-likeness (QED) is 0.440. The molecular weight excluding hydrogens is 212 g/mol. The molecule has 0 radical (unpaired) electrons. The van der Waals surface area contributed by atoms with Gasteiger partial charge in [-0.3, -0.25) is 0 Å². The minimum atomic E-state index is -0.313. The maximum atomic E-state index is 11.8. The standard InChI is InChI=1S/C15H20O2/c1-5-6-10-17-15(16)13(4)14-9-7-8-11(2)12(14)3/h7-9H,4-6,10H2,1-3H3. The second-order valence-electron chi connectivity index (χ2n) is 4.22. The van der Waals surface area contributed by atoms with E-state index < -0.39 is 0 Å². The third-order valence-electron chi connectivity index (χ3n) is 2.91.